The summed E-state index contributed by atoms with van der Waals surface area (Å²) in [4.78, 5) is 11.8. The molecular weight excluding hydrogens is 250 g/mol. The van der Waals surface area contributed by atoms with Crippen molar-refractivity contribution in [2.45, 2.75) is 38.8 Å². The van der Waals surface area contributed by atoms with Gasteiger partial charge in [0.15, 0.2) is 11.6 Å². The molecule has 2 rings (SSSR count). The number of rotatable bonds is 3. The molecule has 0 bridgehead atoms. The van der Waals surface area contributed by atoms with Gasteiger partial charge in [-0.2, -0.15) is 0 Å². The second-order valence-corrected chi connectivity index (χ2v) is 5.67. The van der Waals surface area contributed by atoms with E-state index in [1.807, 2.05) is 13.8 Å². The number of carbonyl (C=O) groups is 1. The average Bonchev–Trinajstić information content (AvgIpc) is 2.35. The molecule has 2 unspecified atom stereocenters. The van der Waals surface area contributed by atoms with Gasteiger partial charge in [-0.05, 0) is 12.5 Å². The largest absolute Gasteiger partial charge is 0.352 e. The lowest BCUT2D eigenvalue weighted by molar-refractivity contribution is -0.123. The van der Waals surface area contributed by atoms with Crippen LogP contribution in [0.5, 0.6) is 0 Å². The molecule has 0 saturated heterocycles. The van der Waals surface area contributed by atoms with Gasteiger partial charge in [0.25, 0.3) is 0 Å². The minimum atomic E-state index is -0.956. The van der Waals surface area contributed by atoms with E-state index in [1.54, 1.807) is 0 Å². The summed E-state index contributed by atoms with van der Waals surface area (Å²) in [5, 5.41) is 2.82. The van der Waals surface area contributed by atoms with E-state index in [-0.39, 0.29) is 35.4 Å². The zero-order valence-electron chi connectivity index (χ0n) is 11.0. The van der Waals surface area contributed by atoms with Crippen molar-refractivity contribution in [1.82, 2.24) is 5.32 Å². The quantitative estimate of drug-likeness (QED) is 0.877. The van der Waals surface area contributed by atoms with E-state index >= 15 is 0 Å². The van der Waals surface area contributed by atoms with Crippen molar-refractivity contribution in [1.29, 1.82) is 0 Å². The van der Waals surface area contributed by atoms with E-state index in [2.05, 4.69) is 5.32 Å². The van der Waals surface area contributed by atoms with Gasteiger partial charge in [-0.15, -0.1) is 0 Å². The molecule has 0 heterocycles. The van der Waals surface area contributed by atoms with Crippen molar-refractivity contribution in [3.05, 3.63) is 35.4 Å². The first kappa shape index (κ1) is 13.9. The number of amides is 1. The highest BCUT2D eigenvalue weighted by atomic mass is 19.2. The van der Waals surface area contributed by atoms with Crippen LogP contribution in [0, 0.1) is 17.0 Å². The SMILES string of the molecule is CC1(C)C(N)CC1NC(=O)Cc1cccc(F)c1F. The molecule has 3 nitrogen and oxygen atoms in total. The Morgan fingerprint density at radius 1 is 1.47 bits per heavy atom. The number of hydrogen-bond acceptors (Lipinski definition) is 2. The van der Waals surface area contributed by atoms with Crippen LogP contribution in [0.3, 0.4) is 0 Å². The van der Waals surface area contributed by atoms with E-state index in [0.717, 1.165) is 6.07 Å². The molecule has 19 heavy (non-hydrogen) atoms. The fourth-order valence-electron chi connectivity index (χ4n) is 2.31. The third-order valence-electron chi connectivity index (χ3n) is 4.06. The van der Waals surface area contributed by atoms with Gasteiger partial charge >= 0.3 is 0 Å². The Kier molecular flexibility index (Phi) is 3.58. The van der Waals surface area contributed by atoms with Gasteiger partial charge in [0.2, 0.25) is 5.91 Å². The molecule has 5 heteroatoms. The van der Waals surface area contributed by atoms with Crippen molar-refractivity contribution in [2.24, 2.45) is 11.1 Å². The minimum Gasteiger partial charge on any atom is -0.352 e. The van der Waals surface area contributed by atoms with E-state index in [0.29, 0.717) is 6.42 Å². The zero-order chi connectivity index (χ0) is 14.2. The van der Waals surface area contributed by atoms with Crippen molar-refractivity contribution in [3.8, 4) is 0 Å². The van der Waals surface area contributed by atoms with Gasteiger partial charge in [0, 0.05) is 23.1 Å². The predicted octanol–water partition coefficient (Wildman–Crippen LogP) is 1.75. The van der Waals surface area contributed by atoms with Crippen molar-refractivity contribution < 1.29 is 13.6 Å². The molecule has 1 amide bonds. The van der Waals surface area contributed by atoms with E-state index in [1.165, 1.54) is 12.1 Å². The minimum absolute atomic E-state index is 0.00776. The summed E-state index contributed by atoms with van der Waals surface area (Å²) < 4.78 is 26.5. The Morgan fingerprint density at radius 3 is 2.74 bits per heavy atom. The monoisotopic (exact) mass is 268 g/mol. The maximum atomic E-state index is 13.4. The van der Waals surface area contributed by atoms with Gasteiger partial charge in [0.1, 0.15) is 0 Å². The second kappa shape index (κ2) is 4.89. The van der Waals surface area contributed by atoms with E-state index < -0.39 is 11.6 Å². The Balaban J connectivity index is 1.97. The lowest BCUT2D eigenvalue weighted by Gasteiger charge is -2.50. The molecule has 1 saturated carbocycles. The molecule has 1 aliphatic carbocycles. The topological polar surface area (TPSA) is 55.1 Å². The molecule has 0 spiro atoms. The molecular formula is C14H18F2N2O. The molecule has 1 aromatic rings. The zero-order valence-corrected chi connectivity index (χ0v) is 11.0. The lowest BCUT2D eigenvalue weighted by atomic mass is 9.63. The molecule has 0 aromatic heterocycles. The van der Waals surface area contributed by atoms with Crippen molar-refractivity contribution in [2.75, 3.05) is 0 Å². The summed E-state index contributed by atoms with van der Waals surface area (Å²) in [7, 11) is 0. The predicted molar refractivity (Wildman–Crippen MR) is 68.4 cm³/mol. The third-order valence-corrected chi connectivity index (χ3v) is 4.06. The molecule has 0 aliphatic heterocycles. The molecule has 3 N–H and O–H groups in total. The Labute approximate surface area is 111 Å². The summed E-state index contributed by atoms with van der Waals surface area (Å²) >= 11 is 0. The van der Waals surface area contributed by atoms with Crippen LogP contribution in [-0.4, -0.2) is 18.0 Å². The number of benzene rings is 1. The first-order chi connectivity index (χ1) is 8.82. The summed E-state index contributed by atoms with van der Waals surface area (Å²) in [6.07, 6.45) is 0.551. The maximum absolute atomic E-state index is 13.4. The molecule has 1 aliphatic rings. The number of nitrogens with two attached hydrogens (primary N) is 1. The van der Waals surface area contributed by atoms with Gasteiger partial charge in [-0.1, -0.05) is 26.0 Å². The highest BCUT2D eigenvalue weighted by molar-refractivity contribution is 5.79. The van der Waals surface area contributed by atoms with Gasteiger partial charge in [-0.25, -0.2) is 8.78 Å². The Hall–Kier alpha value is -1.49. The molecule has 0 radical (unpaired) electrons. The van der Waals surface area contributed by atoms with E-state index in [9.17, 15) is 13.6 Å². The van der Waals surface area contributed by atoms with E-state index in [4.69, 9.17) is 5.73 Å². The molecule has 1 fully saturated rings. The van der Waals surface area contributed by atoms with Gasteiger partial charge < -0.3 is 11.1 Å². The molecule has 1 aromatic carbocycles. The lowest BCUT2D eigenvalue weighted by Crippen LogP contribution is -2.64. The fourth-order valence-corrected chi connectivity index (χ4v) is 2.31. The average molecular weight is 268 g/mol. The van der Waals surface area contributed by atoms with Crippen LogP contribution in [0.25, 0.3) is 0 Å². The number of nitrogens with one attached hydrogen (secondary N) is 1. The van der Waals surface area contributed by atoms with Gasteiger partial charge in [-0.3, -0.25) is 4.79 Å². The van der Waals surface area contributed by atoms with Crippen LogP contribution in [0.2, 0.25) is 0 Å². The van der Waals surface area contributed by atoms with Crippen LogP contribution in [0.15, 0.2) is 18.2 Å². The third kappa shape index (κ3) is 2.61. The first-order valence-corrected chi connectivity index (χ1v) is 6.30. The number of hydrogen-bond donors (Lipinski definition) is 2. The highest BCUT2D eigenvalue weighted by Crippen LogP contribution is 2.38. The van der Waals surface area contributed by atoms with Crippen LogP contribution < -0.4 is 11.1 Å². The molecule has 2 atom stereocenters. The Morgan fingerprint density at radius 2 is 2.16 bits per heavy atom. The summed E-state index contributed by atoms with van der Waals surface area (Å²) in [6, 6.07) is 3.89. The van der Waals surface area contributed by atoms with Crippen LogP contribution >= 0.6 is 0 Å². The molecule has 104 valence electrons. The maximum Gasteiger partial charge on any atom is 0.224 e. The first-order valence-electron chi connectivity index (χ1n) is 6.30. The van der Waals surface area contributed by atoms with Crippen molar-refractivity contribution >= 4 is 5.91 Å². The second-order valence-electron chi connectivity index (χ2n) is 5.67. The smallest absolute Gasteiger partial charge is 0.224 e. The van der Waals surface area contributed by atoms with Crippen LogP contribution in [-0.2, 0) is 11.2 Å². The Bertz CT molecular complexity index is 502. The van der Waals surface area contributed by atoms with Crippen LogP contribution in [0.4, 0.5) is 8.78 Å². The van der Waals surface area contributed by atoms with Gasteiger partial charge in [0.05, 0.1) is 6.42 Å². The van der Waals surface area contributed by atoms with Crippen molar-refractivity contribution in [3.63, 3.8) is 0 Å². The number of carbonyl (C=O) groups excluding carboxylic acids is 1. The highest BCUT2D eigenvalue weighted by Gasteiger charge is 2.46. The summed E-state index contributed by atoms with van der Waals surface area (Å²) in [6.45, 7) is 3.96. The normalized spacial score (nSPS) is 24.7. The standard InChI is InChI=1S/C14H18F2N2O/c1-14(2)10(17)7-11(14)18-12(19)6-8-4-3-5-9(15)13(8)16/h3-5,10-11H,6-7,17H2,1-2H3,(H,18,19). The van der Waals surface area contributed by atoms with Crippen LogP contribution in [0.1, 0.15) is 25.8 Å². The summed E-state index contributed by atoms with van der Waals surface area (Å²) in [5.74, 6) is -2.20. The number of halogens is 2. The fraction of sp³-hybridized carbons (Fsp3) is 0.500. The summed E-state index contributed by atoms with van der Waals surface area (Å²) in [5.41, 5.74) is 5.77.